The SMILES string of the molecule is Cc1ccc(-c2ccc3c(c2)c2cc(-c4ccc(C)cc4CCc4cc(C)c(-c5ccc6c(c5)c5cc(-c7c(C)cc(C)cc7C)ccc5n6-c5ccc(-c6ccccc6-n6c7ccccc7c7ccccc76)cc5-c5nc(-c6ccccc6)nc(-c6ccccc6)n5)c(C)c4)ccc2n3-c2ccc(-c3ccccc3-n3c4ccccc4c4ccccc43)cc2-c2nc(-c3ccccc3)nc(-c3ccccc3)n2)c(C)c1. The monoisotopic (exact) mass is 1870 g/mol. The van der Waals surface area contributed by atoms with Crippen molar-refractivity contribution in [2.75, 3.05) is 0 Å². The van der Waals surface area contributed by atoms with E-state index < -0.39 is 0 Å². The van der Waals surface area contributed by atoms with Crippen LogP contribution in [0.1, 0.15) is 55.6 Å². The van der Waals surface area contributed by atoms with Crippen LogP contribution < -0.4 is 0 Å². The van der Waals surface area contributed by atoms with Gasteiger partial charge in [-0.2, -0.15) is 0 Å². The molecule has 0 aliphatic heterocycles. The third-order valence-electron chi connectivity index (χ3n) is 29.8. The standard InChI is InChI=1S/C136H100N10/c1-83-53-63-103(86(4)71-83)97-57-65-123-111(77-97)112-78-98(58-66-124(112)145(123)127-67-59-99(105-41-21-27-47-117(105)143-119-49-29-23-43-107(119)108-44-24-30-50-120(108)143)79-115(127)135-139-131(92-33-13-9-14-34-92)137-132(140-135)93-35-15-10-16-36-93)104-64-54-84(2)74-96(104)56-55-91-75-89(7)130(90(8)76-91)102-62-70-126-114(82-102)113-81-101(129-87(5)72-85(3)73-88(129)6)61-69-125(113)146(126)128-68-60-100(106-42-22-28-48-118(106)144-121-51-31-25-45-109(121)110-46-26-32-52-122(110)144)80-116(128)136-141-133(94-37-17-11-18-38-94)138-134(142-136)95-39-19-12-20-40-95/h9-54,57-82H,55-56H2,1-8H3. The van der Waals surface area contributed by atoms with Gasteiger partial charge >= 0.3 is 0 Å². The van der Waals surface area contributed by atoms with Crippen LogP contribution in [-0.4, -0.2) is 48.2 Å². The molecular formula is C136H100N10. The second-order valence-electron chi connectivity index (χ2n) is 39.3. The summed E-state index contributed by atoms with van der Waals surface area (Å²) in [5, 5.41) is 9.37. The molecule has 0 unspecified atom stereocenters. The van der Waals surface area contributed by atoms with Crippen molar-refractivity contribution in [2.24, 2.45) is 0 Å². The predicted molar refractivity (Wildman–Crippen MR) is 608 cm³/mol. The van der Waals surface area contributed by atoms with E-state index in [1.807, 2.05) is 24.3 Å². The van der Waals surface area contributed by atoms with Crippen molar-refractivity contribution in [3.05, 3.63) is 492 Å². The molecule has 694 valence electrons. The van der Waals surface area contributed by atoms with Crippen molar-refractivity contribution < 1.29 is 0 Å². The minimum Gasteiger partial charge on any atom is -0.309 e. The summed E-state index contributed by atoms with van der Waals surface area (Å²) in [6.45, 7) is 18.0. The van der Waals surface area contributed by atoms with Crippen LogP contribution in [0.25, 0.3) is 245 Å². The maximum Gasteiger partial charge on any atom is 0.166 e. The van der Waals surface area contributed by atoms with Crippen molar-refractivity contribution in [1.82, 2.24) is 48.2 Å². The zero-order valence-electron chi connectivity index (χ0n) is 82.5. The average Bonchev–Trinajstić information content (AvgIpc) is 1.57. The normalized spacial score (nSPS) is 11.8. The van der Waals surface area contributed by atoms with Gasteiger partial charge in [0.25, 0.3) is 0 Å². The van der Waals surface area contributed by atoms with Crippen molar-refractivity contribution >= 4 is 87.2 Å². The third-order valence-corrected chi connectivity index (χ3v) is 29.8. The van der Waals surface area contributed by atoms with E-state index >= 15 is 0 Å². The quantitative estimate of drug-likeness (QED) is 0.0800. The molecule has 0 aliphatic carbocycles. The van der Waals surface area contributed by atoms with Gasteiger partial charge in [0.2, 0.25) is 0 Å². The first kappa shape index (κ1) is 87.8. The third kappa shape index (κ3) is 15.3. The van der Waals surface area contributed by atoms with Crippen molar-refractivity contribution in [3.63, 3.8) is 0 Å². The number of benzene rings is 20. The number of hydrogen-bond acceptors (Lipinski definition) is 6. The maximum absolute atomic E-state index is 5.58. The Balaban J connectivity index is 0.603. The largest absolute Gasteiger partial charge is 0.309 e. The second-order valence-corrected chi connectivity index (χ2v) is 39.3. The number of hydrogen-bond donors (Lipinski definition) is 0. The van der Waals surface area contributed by atoms with Crippen LogP contribution in [0.15, 0.2) is 437 Å². The van der Waals surface area contributed by atoms with Gasteiger partial charge in [0.15, 0.2) is 34.9 Å². The summed E-state index contributed by atoms with van der Waals surface area (Å²) in [6, 6.07) is 160. The fraction of sp³-hybridized carbons (Fsp3) is 0.0735. The van der Waals surface area contributed by atoms with Crippen LogP contribution in [-0.2, 0) is 12.8 Å². The molecule has 0 atom stereocenters. The molecule has 20 aromatic carbocycles. The Morgan fingerprint density at radius 3 is 0.829 bits per heavy atom. The molecule has 0 aliphatic rings. The first-order valence-corrected chi connectivity index (χ1v) is 50.4. The molecule has 0 saturated carbocycles. The van der Waals surface area contributed by atoms with Gasteiger partial charge in [-0.05, 0) is 272 Å². The van der Waals surface area contributed by atoms with Crippen LogP contribution in [0.2, 0.25) is 0 Å². The molecule has 10 heteroatoms. The zero-order valence-corrected chi connectivity index (χ0v) is 82.5. The predicted octanol–water partition coefficient (Wildman–Crippen LogP) is 34.7. The topological polar surface area (TPSA) is 97.1 Å². The van der Waals surface area contributed by atoms with Gasteiger partial charge in [0, 0.05) is 87.6 Å². The molecular weight excluding hydrogens is 1770 g/mol. The highest BCUT2D eigenvalue weighted by molar-refractivity contribution is 6.16. The highest BCUT2D eigenvalue weighted by Gasteiger charge is 2.29. The average molecular weight is 1870 g/mol. The van der Waals surface area contributed by atoms with Gasteiger partial charge in [0.1, 0.15) is 0 Å². The lowest BCUT2D eigenvalue weighted by Gasteiger charge is -2.18. The number of rotatable bonds is 19. The van der Waals surface area contributed by atoms with Gasteiger partial charge in [-0.15, -0.1) is 0 Å². The lowest BCUT2D eigenvalue weighted by atomic mass is 9.89. The molecule has 26 aromatic rings. The molecule has 0 bridgehead atoms. The first-order chi connectivity index (χ1) is 71.7. The maximum atomic E-state index is 5.58. The van der Waals surface area contributed by atoms with Crippen LogP contribution in [0.5, 0.6) is 0 Å². The summed E-state index contributed by atoms with van der Waals surface area (Å²) in [5.74, 6) is 3.48. The van der Waals surface area contributed by atoms with E-state index in [2.05, 4.69) is 486 Å². The molecule has 146 heavy (non-hydrogen) atoms. The number of para-hydroxylation sites is 6. The van der Waals surface area contributed by atoms with Crippen LogP contribution in [0.3, 0.4) is 0 Å². The van der Waals surface area contributed by atoms with Gasteiger partial charge in [-0.1, -0.05) is 344 Å². The summed E-state index contributed by atoms with van der Waals surface area (Å²) < 4.78 is 9.77. The molecule has 0 radical (unpaired) electrons. The highest BCUT2D eigenvalue weighted by Crippen LogP contribution is 2.49. The number of fused-ring (bicyclic) bond motifs is 12. The lowest BCUT2D eigenvalue weighted by molar-refractivity contribution is 0.956. The Kier molecular flexibility index (Phi) is 21.7. The first-order valence-electron chi connectivity index (χ1n) is 50.4. The van der Waals surface area contributed by atoms with Gasteiger partial charge in [-0.3, -0.25) is 0 Å². The van der Waals surface area contributed by atoms with Crippen LogP contribution in [0.4, 0.5) is 0 Å². The van der Waals surface area contributed by atoms with E-state index in [-0.39, 0.29) is 0 Å². The molecule has 6 heterocycles. The second kappa shape index (κ2) is 36.0. The van der Waals surface area contributed by atoms with E-state index in [1.165, 1.54) is 105 Å². The lowest BCUT2D eigenvalue weighted by Crippen LogP contribution is -2.04. The molecule has 0 amide bonds. The minimum absolute atomic E-state index is 0.560. The van der Waals surface area contributed by atoms with Gasteiger partial charge in [0.05, 0.1) is 66.9 Å². The molecule has 0 fully saturated rings. The molecule has 26 rings (SSSR count). The highest BCUT2D eigenvalue weighted by atomic mass is 15.1. The molecule has 10 nitrogen and oxygen atoms in total. The van der Waals surface area contributed by atoms with Crippen molar-refractivity contribution in [3.8, 4) is 158 Å². The van der Waals surface area contributed by atoms with Crippen LogP contribution in [0, 0.1) is 55.4 Å². The number of nitrogens with zero attached hydrogens (tertiary/aromatic N) is 10. The number of aryl methyl sites for hydroxylation is 10. The van der Waals surface area contributed by atoms with Gasteiger partial charge < -0.3 is 18.3 Å². The summed E-state index contributed by atoms with van der Waals surface area (Å²) in [6.07, 6.45) is 1.65. The number of aromatic nitrogens is 10. The minimum atomic E-state index is 0.560. The van der Waals surface area contributed by atoms with Crippen molar-refractivity contribution in [2.45, 2.75) is 68.2 Å². The summed E-state index contributed by atoms with van der Waals surface area (Å²) in [4.78, 5) is 32.9. The zero-order chi connectivity index (χ0) is 98.1. The van der Waals surface area contributed by atoms with E-state index in [4.69, 9.17) is 29.9 Å². The van der Waals surface area contributed by atoms with E-state index in [0.29, 0.717) is 34.9 Å². The Morgan fingerprint density at radius 1 is 0.164 bits per heavy atom. The fourth-order valence-electron chi connectivity index (χ4n) is 23.3. The molecule has 6 aromatic heterocycles. The fourth-order valence-corrected chi connectivity index (χ4v) is 23.3. The Morgan fingerprint density at radius 2 is 0.445 bits per heavy atom. The molecule has 0 saturated heterocycles. The van der Waals surface area contributed by atoms with E-state index in [0.717, 1.165) is 174 Å². The molecule has 0 spiro atoms. The summed E-state index contributed by atoms with van der Waals surface area (Å²) in [5.41, 5.74) is 44.3. The summed E-state index contributed by atoms with van der Waals surface area (Å²) >= 11 is 0. The Labute approximate surface area is 847 Å². The van der Waals surface area contributed by atoms with Gasteiger partial charge in [-0.25, -0.2) is 29.9 Å². The van der Waals surface area contributed by atoms with E-state index in [9.17, 15) is 0 Å². The van der Waals surface area contributed by atoms with E-state index in [1.54, 1.807) is 0 Å². The van der Waals surface area contributed by atoms with Crippen LogP contribution >= 0.6 is 0 Å². The van der Waals surface area contributed by atoms with Crippen molar-refractivity contribution in [1.29, 1.82) is 0 Å². The molecule has 0 N–H and O–H groups in total. The Bertz CT molecular complexity index is 9510. The Hall–Kier alpha value is -18.4. The smallest absolute Gasteiger partial charge is 0.166 e. The summed E-state index contributed by atoms with van der Waals surface area (Å²) in [7, 11) is 0.